The molecule has 2 aliphatic rings. The van der Waals surface area contributed by atoms with E-state index in [2.05, 4.69) is 10.3 Å². The van der Waals surface area contributed by atoms with Crippen molar-refractivity contribution in [1.82, 2.24) is 15.2 Å². The van der Waals surface area contributed by atoms with Gasteiger partial charge in [0.05, 0.1) is 17.6 Å². The van der Waals surface area contributed by atoms with Crippen LogP contribution >= 0.6 is 0 Å². The van der Waals surface area contributed by atoms with Crippen molar-refractivity contribution in [3.8, 4) is 0 Å². The van der Waals surface area contributed by atoms with Gasteiger partial charge in [-0.05, 0) is 18.6 Å². The number of fused-ring (bicyclic) bond motifs is 1. The van der Waals surface area contributed by atoms with Gasteiger partial charge >= 0.3 is 0 Å². The Hall–Kier alpha value is -1.91. The van der Waals surface area contributed by atoms with Crippen LogP contribution in [0.2, 0.25) is 0 Å². The molecule has 0 radical (unpaired) electrons. The number of hydrogen-bond donors (Lipinski definition) is 1. The highest BCUT2D eigenvalue weighted by molar-refractivity contribution is 5.95. The number of hydrogen-bond acceptors (Lipinski definition) is 3. The van der Waals surface area contributed by atoms with Crippen molar-refractivity contribution in [1.29, 1.82) is 0 Å². The fourth-order valence-corrected chi connectivity index (χ4v) is 2.64. The van der Waals surface area contributed by atoms with Crippen LogP contribution in [0, 0.1) is 0 Å². The maximum Gasteiger partial charge on any atom is 0.255 e. The minimum Gasteiger partial charge on any atom is -0.351 e. The molecular weight excluding hydrogens is 218 g/mol. The molecule has 1 aromatic rings. The fourth-order valence-electron chi connectivity index (χ4n) is 2.64. The van der Waals surface area contributed by atoms with Gasteiger partial charge in [0, 0.05) is 25.4 Å². The molecule has 0 saturated carbocycles. The Kier molecular flexibility index (Phi) is 2.31. The van der Waals surface area contributed by atoms with Crippen molar-refractivity contribution in [2.75, 3.05) is 6.54 Å². The summed E-state index contributed by atoms with van der Waals surface area (Å²) in [7, 11) is 0. The van der Waals surface area contributed by atoms with E-state index < -0.39 is 0 Å². The van der Waals surface area contributed by atoms with Gasteiger partial charge in [-0.2, -0.15) is 0 Å². The van der Waals surface area contributed by atoms with E-state index in [0.717, 1.165) is 6.42 Å². The first-order valence-corrected chi connectivity index (χ1v) is 5.76. The van der Waals surface area contributed by atoms with Gasteiger partial charge in [-0.3, -0.25) is 14.6 Å². The number of pyridine rings is 1. The third kappa shape index (κ3) is 1.67. The van der Waals surface area contributed by atoms with E-state index in [1.54, 1.807) is 29.4 Å². The van der Waals surface area contributed by atoms with Crippen molar-refractivity contribution in [2.45, 2.75) is 24.9 Å². The van der Waals surface area contributed by atoms with Crippen molar-refractivity contribution in [3.63, 3.8) is 0 Å². The Bertz CT molecular complexity index is 460. The largest absolute Gasteiger partial charge is 0.351 e. The number of nitrogens with zero attached hydrogens (tertiary/aromatic N) is 2. The summed E-state index contributed by atoms with van der Waals surface area (Å²) in [5.74, 6) is 0.0192. The number of aromatic nitrogens is 1. The first kappa shape index (κ1) is 10.3. The number of carbonyl (C=O) groups is 2. The normalized spacial score (nSPS) is 26.8. The zero-order valence-electron chi connectivity index (χ0n) is 9.30. The molecule has 88 valence electrons. The zero-order chi connectivity index (χ0) is 11.8. The number of rotatable bonds is 1. The van der Waals surface area contributed by atoms with E-state index in [9.17, 15) is 9.59 Å². The first-order chi connectivity index (χ1) is 8.25. The summed E-state index contributed by atoms with van der Waals surface area (Å²) >= 11 is 0. The van der Waals surface area contributed by atoms with Gasteiger partial charge in [0.15, 0.2) is 0 Å². The second-order valence-corrected chi connectivity index (χ2v) is 4.47. The molecule has 5 nitrogen and oxygen atoms in total. The molecule has 0 bridgehead atoms. The quantitative estimate of drug-likeness (QED) is 0.750. The summed E-state index contributed by atoms with van der Waals surface area (Å²) < 4.78 is 0. The van der Waals surface area contributed by atoms with E-state index in [1.165, 1.54) is 0 Å². The van der Waals surface area contributed by atoms with Crippen LogP contribution in [0.1, 0.15) is 23.2 Å². The second kappa shape index (κ2) is 3.84. The molecule has 3 heterocycles. The van der Waals surface area contributed by atoms with Crippen LogP contribution in [0.15, 0.2) is 24.5 Å². The molecule has 1 aromatic heterocycles. The van der Waals surface area contributed by atoms with Gasteiger partial charge in [-0.1, -0.05) is 0 Å². The highest BCUT2D eigenvalue weighted by Crippen LogP contribution is 2.26. The van der Waals surface area contributed by atoms with E-state index >= 15 is 0 Å². The average molecular weight is 231 g/mol. The molecule has 2 fully saturated rings. The van der Waals surface area contributed by atoms with Crippen LogP contribution in [-0.2, 0) is 4.79 Å². The molecule has 2 aliphatic heterocycles. The summed E-state index contributed by atoms with van der Waals surface area (Å²) in [5, 5.41) is 2.90. The van der Waals surface area contributed by atoms with Crippen molar-refractivity contribution in [3.05, 3.63) is 30.1 Å². The SMILES string of the molecule is O=C1C[C@H]2[C@@H](CCN2C(=O)c2cccnc2)N1. The minimum absolute atomic E-state index is 0.0233. The lowest BCUT2D eigenvalue weighted by atomic mass is 10.1. The molecule has 0 aromatic carbocycles. The molecule has 2 saturated heterocycles. The maximum atomic E-state index is 12.2. The van der Waals surface area contributed by atoms with Crippen molar-refractivity contribution >= 4 is 11.8 Å². The third-order valence-corrected chi connectivity index (χ3v) is 3.46. The van der Waals surface area contributed by atoms with Crippen LogP contribution in [0.5, 0.6) is 0 Å². The van der Waals surface area contributed by atoms with Crippen LogP contribution in [0.4, 0.5) is 0 Å². The lowest BCUT2D eigenvalue weighted by Crippen LogP contribution is -2.38. The van der Waals surface area contributed by atoms with Crippen LogP contribution in [-0.4, -0.2) is 40.3 Å². The molecule has 0 aliphatic carbocycles. The molecule has 0 spiro atoms. The van der Waals surface area contributed by atoms with Crippen LogP contribution in [0.3, 0.4) is 0 Å². The van der Waals surface area contributed by atoms with Gasteiger partial charge in [-0.15, -0.1) is 0 Å². The zero-order valence-corrected chi connectivity index (χ0v) is 9.30. The Balaban J connectivity index is 1.82. The van der Waals surface area contributed by atoms with Gasteiger partial charge in [0.2, 0.25) is 5.91 Å². The minimum atomic E-state index is -0.0258. The Morgan fingerprint density at radius 1 is 1.53 bits per heavy atom. The highest BCUT2D eigenvalue weighted by atomic mass is 16.2. The average Bonchev–Trinajstić information content (AvgIpc) is 2.88. The maximum absolute atomic E-state index is 12.2. The first-order valence-electron chi connectivity index (χ1n) is 5.76. The van der Waals surface area contributed by atoms with Gasteiger partial charge in [0.25, 0.3) is 5.91 Å². The van der Waals surface area contributed by atoms with E-state index in [-0.39, 0.29) is 23.9 Å². The van der Waals surface area contributed by atoms with E-state index in [0.29, 0.717) is 18.5 Å². The summed E-state index contributed by atoms with van der Waals surface area (Å²) in [4.78, 5) is 29.3. The number of nitrogens with one attached hydrogen (secondary N) is 1. The predicted octanol–water partition coefficient (Wildman–Crippen LogP) is 0.185. The second-order valence-electron chi connectivity index (χ2n) is 4.47. The lowest BCUT2D eigenvalue weighted by Gasteiger charge is -2.22. The molecule has 3 rings (SSSR count). The van der Waals surface area contributed by atoms with Crippen LogP contribution in [0.25, 0.3) is 0 Å². The molecule has 5 heteroatoms. The summed E-state index contributed by atoms with van der Waals surface area (Å²) in [6.45, 7) is 0.712. The lowest BCUT2D eigenvalue weighted by molar-refractivity contribution is -0.119. The summed E-state index contributed by atoms with van der Waals surface area (Å²) in [6, 6.07) is 3.67. The standard InChI is InChI=1S/C12H13N3O2/c16-11-6-10-9(14-11)3-5-15(10)12(17)8-2-1-4-13-7-8/h1-2,4,7,9-10H,3,5-6H2,(H,14,16)/t9-,10+/m1/s1. The Morgan fingerprint density at radius 3 is 3.18 bits per heavy atom. The van der Waals surface area contributed by atoms with Crippen LogP contribution < -0.4 is 5.32 Å². The van der Waals surface area contributed by atoms with Crippen molar-refractivity contribution in [2.24, 2.45) is 0 Å². The van der Waals surface area contributed by atoms with Crippen molar-refractivity contribution < 1.29 is 9.59 Å². The molecule has 1 N–H and O–H groups in total. The molecule has 2 atom stereocenters. The smallest absolute Gasteiger partial charge is 0.255 e. The van der Waals surface area contributed by atoms with E-state index in [4.69, 9.17) is 0 Å². The summed E-state index contributed by atoms with van der Waals surface area (Å²) in [5.41, 5.74) is 0.590. The summed E-state index contributed by atoms with van der Waals surface area (Å²) in [6.07, 6.45) is 4.49. The van der Waals surface area contributed by atoms with Gasteiger partial charge in [0.1, 0.15) is 0 Å². The number of amides is 2. The molecular formula is C12H13N3O2. The fraction of sp³-hybridized carbons (Fsp3) is 0.417. The topological polar surface area (TPSA) is 62.3 Å². The highest BCUT2D eigenvalue weighted by Gasteiger charge is 2.43. The van der Waals surface area contributed by atoms with Gasteiger partial charge in [-0.25, -0.2) is 0 Å². The number of carbonyl (C=O) groups excluding carboxylic acids is 2. The Morgan fingerprint density at radius 2 is 2.41 bits per heavy atom. The number of likely N-dealkylation sites (tertiary alicyclic amines) is 1. The third-order valence-electron chi connectivity index (χ3n) is 3.46. The van der Waals surface area contributed by atoms with E-state index in [1.807, 2.05) is 0 Å². The Labute approximate surface area is 98.8 Å². The molecule has 0 unspecified atom stereocenters. The monoisotopic (exact) mass is 231 g/mol. The van der Waals surface area contributed by atoms with Gasteiger partial charge < -0.3 is 10.2 Å². The molecule has 17 heavy (non-hydrogen) atoms. The molecule has 2 amide bonds. The predicted molar refractivity (Wildman–Crippen MR) is 60.2 cm³/mol.